The van der Waals surface area contributed by atoms with Crippen LogP contribution in [0.3, 0.4) is 0 Å². The van der Waals surface area contributed by atoms with E-state index in [1.165, 1.54) is 134 Å². The smallest absolute Gasteiger partial charge is 0.411 e. The molecule has 3 atom stereocenters. The summed E-state index contributed by atoms with van der Waals surface area (Å²) in [5.41, 5.74) is 4.56. The standard InChI is InChI=1S/2C31H34N4O8S2.C28H28N4O8S2/c1-19-12-13-23(27(39)32-19)35-28(40)21-10-7-11-22(26(21)29(35)41)33-30(42)43-14-15-44-45-31(2,3)16-24(36)34(18-25(37)38)17-20-8-5-4-6-9-20;1-19-12-13-23(27(39)32-19)35-28(40)21-10-7-11-22(26(21)29(35)41)33-30(42)43-18-31(2,3)45-44-15-14-24(36)34(17-25(37)38)16-20-8-5-4-6-9-20;1-17-10-11-21(25(36)29-17)32-26(37)19-8-5-9-20(24(19)27(32)38)30-28(39)40-12-13-41-42-16-22(33)31(15-23(34)35)14-18-6-3-2-4-7-18/h2*4-11,23H,1,12-18H2,2-3H3,(H,32,39)(H,33,42)(H,37,38);2-9,21H,1,10-16H2,(H,29,36)(H,30,39)(H,34,35). The Hall–Kier alpha value is -12.9. The summed E-state index contributed by atoms with van der Waals surface area (Å²) in [6.07, 6.45) is -0.181. The van der Waals surface area contributed by atoms with E-state index in [9.17, 15) is 96.5 Å². The minimum absolute atomic E-state index is 0.00259. The molecule has 15 amide bonds. The van der Waals surface area contributed by atoms with Crippen LogP contribution in [0.4, 0.5) is 31.4 Å². The third kappa shape index (κ3) is 28.1. The Morgan fingerprint density at radius 3 is 1.08 bits per heavy atom. The molecule has 3 saturated heterocycles. The Balaban J connectivity index is 0.000000206. The molecule has 6 aliphatic heterocycles. The van der Waals surface area contributed by atoms with Crippen LogP contribution in [0.2, 0.25) is 0 Å². The van der Waals surface area contributed by atoms with Gasteiger partial charge in [-0.1, -0.05) is 194 Å². The van der Waals surface area contributed by atoms with Gasteiger partial charge in [0.2, 0.25) is 35.4 Å². The predicted octanol–water partition coefficient (Wildman–Crippen LogP) is 11.7. The highest BCUT2D eigenvalue weighted by Crippen LogP contribution is 2.41. The number of rotatable bonds is 38. The lowest BCUT2D eigenvalue weighted by Crippen LogP contribution is -2.51. The number of aliphatic carboxylic acids is 3. The van der Waals surface area contributed by atoms with E-state index >= 15 is 0 Å². The summed E-state index contributed by atoms with van der Waals surface area (Å²) in [7, 11) is 8.11. The van der Waals surface area contributed by atoms with Crippen LogP contribution in [0.25, 0.3) is 0 Å². The Morgan fingerprint density at radius 1 is 0.402 bits per heavy atom. The number of nitrogens with zero attached hydrogens (tertiary/aromatic N) is 6. The number of amides is 15. The highest BCUT2D eigenvalue weighted by molar-refractivity contribution is 8.77. The van der Waals surface area contributed by atoms with E-state index < -0.39 is 137 Å². The third-order valence-electron chi connectivity index (χ3n) is 20.3. The molecule has 0 radical (unpaired) electrons. The van der Waals surface area contributed by atoms with Crippen molar-refractivity contribution >= 4 is 189 Å². The molecule has 9 N–H and O–H groups in total. The number of benzene rings is 6. The fraction of sp³-hybridized carbons (Fsp3) is 0.333. The Kier molecular flexibility index (Phi) is 36.2. The molecular weight excluding hydrogens is 1830 g/mol. The molecule has 0 aromatic heterocycles. The first kappa shape index (κ1) is 101. The first-order valence-electron chi connectivity index (χ1n) is 41.1. The van der Waals surface area contributed by atoms with E-state index in [1.54, 1.807) is 0 Å². The molecule has 0 spiro atoms. The van der Waals surface area contributed by atoms with E-state index in [1.807, 2.05) is 119 Å². The van der Waals surface area contributed by atoms with Crippen molar-refractivity contribution in [1.29, 1.82) is 0 Å². The zero-order valence-electron chi connectivity index (χ0n) is 72.1. The Labute approximate surface area is 782 Å². The normalized spacial score (nSPS) is 16.2. The summed E-state index contributed by atoms with van der Waals surface area (Å²) < 4.78 is 14.8. The van der Waals surface area contributed by atoms with Gasteiger partial charge in [-0.05, 0) is 119 Å². The third-order valence-corrected chi connectivity index (χ3v) is 29.0. The largest absolute Gasteiger partial charge is 0.480 e. The zero-order chi connectivity index (χ0) is 95.7. The lowest BCUT2D eigenvalue weighted by Gasteiger charge is -2.29. The molecule has 6 aliphatic rings. The van der Waals surface area contributed by atoms with Gasteiger partial charge in [0.05, 0.1) is 60.9 Å². The molecule has 6 heterocycles. The van der Waals surface area contributed by atoms with E-state index in [-0.39, 0.29) is 145 Å². The molecule has 36 nitrogen and oxygen atoms in total. The van der Waals surface area contributed by atoms with Gasteiger partial charge in [0.15, 0.2) is 0 Å². The van der Waals surface area contributed by atoms with Gasteiger partial charge in [-0.3, -0.25) is 103 Å². The molecule has 3 fully saturated rings. The number of nitrogens with one attached hydrogen (secondary N) is 6. The summed E-state index contributed by atoms with van der Waals surface area (Å²) in [5, 5.41) is 43.0. The number of imide groups is 3. The molecule has 42 heteroatoms. The summed E-state index contributed by atoms with van der Waals surface area (Å²) in [6, 6.07) is 37.9. The first-order chi connectivity index (χ1) is 62.9. The van der Waals surface area contributed by atoms with Crippen molar-refractivity contribution in [3.8, 4) is 0 Å². The SMILES string of the molecule is C=C1CCC(N2C(=O)c3cccc(NC(=O)OCC(C)(C)SSCCC(=O)N(CC(=O)O)Cc4ccccc4)c3C2=O)C(=O)N1.C=C1CCC(N2C(=O)c3cccc(NC(=O)OCCSSC(C)(C)CC(=O)N(CC(=O)O)Cc4ccccc4)c3C2=O)C(=O)N1.C=C1CCC(N2C(=O)c3cccc(NC(=O)OCCSSCC(=O)N(CC(=O)O)Cc4ccccc4)c3C2=O)C(=O)N1. The van der Waals surface area contributed by atoms with Gasteiger partial charge in [-0.25, -0.2) is 14.4 Å². The highest BCUT2D eigenvalue weighted by Gasteiger charge is 2.49. The molecule has 12 rings (SSSR count). The molecule has 0 bridgehead atoms. The van der Waals surface area contributed by atoms with Crippen LogP contribution in [0.15, 0.2) is 182 Å². The molecule has 6 aromatic rings. The van der Waals surface area contributed by atoms with Gasteiger partial charge in [0.1, 0.15) is 57.6 Å². The average Bonchev–Trinajstić information content (AvgIpc) is 1.61. The minimum atomic E-state index is -1.11. The number of hydrogen-bond acceptors (Lipinski definition) is 27. The number of carbonyl (C=O) groups excluding carboxylic acids is 15. The second kappa shape index (κ2) is 47.3. The van der Waals surface area contributed by atoms with Crippen LogP contribution >= 0.6 is 64.8 Å². The van der Waals surface area contributed by atoms with Crippen LogP contribution in [0.1, 0.15) is 158 Å². The molecule has 6 aromatic carbocycles. The van der Waals surface area contributed by atoms with Crippen molar-refractivity contribution in [3.63, 3.8) is 0 Å². The summed E-state index contributed by atoms with van der Waals surface area (Å²) >= 11 is 0. The van der Waals surface area contributed by atoms with Crippen LogP contribution in [-0.4, -0.2) is 242 Å². The van der Waals surface area contributed by atoms with Crippen LogP contribution in [0, 0.1) is 0 Å². The summed E-state index contributed by atoms with van der Waals surface area (Å²) in [4.78, 5) is 233. The number of hydrogen-bond donors (Lipinski definition) is 9. The second-order valence-electron chi connectivity index (χ2n) is 31.5. The zero-order valence-corrected chi connectivity index (χ0v) is 77.0. The maximum atomic E-state index is 13.3. The maximum absolute atomic E-state index is 13.3. The van der Waals surface area contributed by atoms with Crippen molar-refractivity contribution in [2.75, 3.05) is 78.4 Å². The molecule has 3 unspecified atom stereocenters. The van der Waals surface area contributed by atoms with Crippen LogP contribution in [0.5, 0.6) is 0 Å². The monoisotopic (exact) mass is 1920 g/mol. The highest BCUT2D eigenvalue weighted by atomic mass is 33.1. The van der Waals surface area contributed by atoms with Gasteiger partial charge in [-0.15, -0.1) is 0 Å². The van der Waals surface area contributed by atoms with Crippen molar-refractivity contribution in [1.82, 2.24) is 45.3 Å². The van der Waals surface area contributed by atoms with E-state index in [4.69, 9.17) is 19.3 Å². The fourth-order valence-corrected chi connectivity index (χ4v) is 20.6. The van der Waals surface area contributed by atoms with Gasteiger partial charge >= 0.3 is 36.2 Å². The van der Waals surface area contributed by atoms with Crippen LogP contribution in [-0.2, 0) is 77.0 Å². The lowest BCUT2D eigenvalue weighted by atomic mass is 10.0. The maximum Gasteiger partial charge on any atom is 0.411 e. The fourth-order valence-electron chi connectivity index (χ4n) is 14.2. The number of ether oxygens (including phenoxy) is 3. The predicted molar refractivity (Wildman–Crippen MR) is 498 cm³/mol. The number of allylic oxidation sites excluding steroid dienone is 3. The first-order valence-corrected chi connectivity index (χ1v) is 48.3. The van der Waals surface area contributed by atoms with Crippen molar-refractivity contribution in [2.24, 2.45) is 0 Å². The summed E-state index contributed by atoms with van der Waals surface area (Å²) in [6.45, 7) is 18.0. The number of carboxylic acid groups (broad SMARTS) is 3. The topological polar surface area (TPSA) is 487 Å². The number of carboxylic acids is 3. The number of anilines is 3. The Morgan fingerprint density at radius 2 is 0.727 bits per heavy atom. The van der Waals surface area contributed by atoms with Crippen molar-refractivity contribution < 1.29 is 116 Å². The molecule has 132 heavy (non-hydrogen) atoms. The van der Waals surface area contributed by atoms with E-state index in [0.29, 0.717) is 53.6 Å². The van der Waals surface area contributed by atoms with Crippen molar-refractivity contribution in [3.05, 3.63) is 232 Å². The second-order valence-corrected chi connectivity index (χ2v) is 40.3. The molecular formula is C90H96N12O24S6. The quantitative estimate of drug-likeness (QED) is 0.00752. The molecule has 696 valence electrons. The van der Waals surface area contributed by atoms with Gasteiger partial charge in [-0.2, -0.15) is 0 Å². The number of piperidine rings is 3. The summed E-state index contributed by atoms with van der Waals surface area (Å²) in [5.74, 6) is -8.34. The van der Waals surface area contributed by atoms with Gasteiger partial charge < -0.3 is 60.2 Å². The minimum Gasteiger partial charge on any atom is -0.480 e. The average molecular weight is 1920 g/mol. The molecule has 0 saturated carbocycles. The van der Waals surface area contributed by atoms with Crippen molar-refractivity contribution in [2.45, 2.75) is 126 Å². The lowest BCUT2D eigenvalue weighted by molar-refractivity contribution is -0.145. The van der Waals surface area contributed by atoms with Gasteiger partial charge in [0, 0.05) is 71.6 Å². The molecule has 0 aliphatic carbocycles. The van der Waals surface area contributed by atoms with Crippen LogP contribution < -0.4 is 31.9 Å². The van der Waals surface area contributed by atoms with E-state index in [0.717, 1.165) is 31.4 Å². The number of fused-ring (bicyclic) bond motifs is 3. The van der Waals surface area contributed by atoms with E-state index in [2.05, 4.69) is 51.6 Å². The van der Waals surface area contributed by atoms with Gasteiger partial charge in [0.25, 0.3) is 35.4 Å². The number of carbonyl (C=O) groups is 18. The Bertz CT molecular complexity index is 5500.